The predicted molar refractivity (Wildman–Crippen MR) is 184 cm³/mol. The SMILES string of the molecule is CCCCCCCCC(CN(CC)CCOCCN(CC)CC(CCCCCCCC)N(CC)CC)N(CC)CC. The van der Waals surface area contributed by atoms with Gasteiger partial charge in [0.1, 0.15) is 0 Å². The first-order chi connectivity index (χ1) is 20.0. The van der Waals surface area contributed by atoms with Crippen LogP contribution in [0, 0.1) is 0 Å². The van der Waals surface area contributed by atoms with Crippen LogP contribution in [0.3, 0.4) is 0 Å². The van der Waals surface area contributed by atoms with E-state index in [0.29, 0.717) is 12.1 Å². The second-order valence-corrected chi connectivity index (χ2v) is 12.3. The molecule has 0 rings (SSSR count). The zero-order valence-electron chi connectivity index (χ0n) is 29.7. The van der Waals surface area contributed by atoms with Gasteiger partial charge in [-0.1, -0.05) is 132 Å². The van der Waals surface area contributed by atoms with Crippen LogP contribution in [-0.2, 0) is 4.74 Å². The Hall–Kier alpha value is -0.200. The fourth-order valence-electron chi connectivity index (χ4n) is 6.42. The molecule has 5 heteroatoms. The maximum atomic E-state index is 6.25. The number of rotatable bonds is 32. The second kappa shape index (κ2) is 29.9. The Morgan fingerprint density at radius 3 is 1.07 bits per heavy atom. The van der Waals surface area contributed by atoms with Crippen LogP contribution in [0.1, 0.15) is 145 Å². The van der Waals surface area contributed by atoms with Gasteiger partial charge in [0.25, 0.3) is 0 Å². The molecule has 41 heavy (non-hydrogen) atoms. The molecule has 0 bridgehead atoms. The standard InChI is InChI=1S/C36H78N4O/c1-9-17-19-21-23-25-27-35(39(13-5)14-6)33-37(11-3)29-31-41-32-30-38(12-4)34-36(40(15-7)16-8)28-26-24-22-20-18-10-2/h35-36H,9-34H2,1-8H3. The summed E-state index contributed by atoms with van der Waals surface area (Å²) in [5, 5.41) is 0. The fraction of sp³-hybridized carbons (Fsp3) is 1.00. The van der Waals surface area contributed by atoms with Gasteiger partial charge in [0.15, 0.2) is 0 Å². The lowest BCUT2D eigenvalue weighted by molar-refractivity contribution is 0.0645. The first-order valence-electron chi connectivity index (χ1n) is 18.5. The summed E-state index contributed by atoms with van der Waals surface area (Å²) < 4.78 is 6.25. The molecule has 0 aliphatic rings. The Balaban J connectivity index is 4.60. The van der Waals surface area contributed by atoms with Crippen LogP contribution in [-0.4, -0.2) is 110 Å². The molecule has 0 saturated carbocycles. The average molecular weight is 583 g/mol. The summed E-state index contributed by atoms with van der Waals surface area (Å²) in [6.45, 7) is 31.6. The molecular weight excluding hydrogens is 504 g/mol. The van der Waals surface area contributed by atoms with Gasteiger partial charge in [0, 0.05) is 38.3 Å². The van der Waals surface area contributed by atoms with E-state index in [-0.39, 0.29) is 0 Å². The minimum absolute atomic E-state index is 0.676. The largest absolute Gasteiger partial charge is 0.379 e. The van der Waals surface area contributed by atoms with Crippen molar-refractivity contribution in [1.29, 1.82) is 0 Å². The van der Waals surface area contributed by atoms with Gasteiger partial charge >= 0.3 is 0 Å². The van der Waals surface area contributed by atoms with Gasteiger partial charge in [-0.3, -0.25) is 19.6 Å². The Morgan fingerprint density at radius 2 is 0.756 bits per heavy atom. The minimum atomic E-state index is 0.676. The van der Waals surface area contributed by atoms with E-state index in [1.54, 1.807) is 0 Å². The van der Waals surface area contributed by atoms with Gasteiger partial charge in [-0.05, 0) is 52.1 Å². The summed E-state index contributed by atoms with van der Waals surface area (Å²) >= 11 is 0. The molecule has 0 aromatic carbocycles. The number of nitrogens with zero attached hydrogens (tertiary/aromatic N) is 4. The van der Waals surface area contributed by atoms with Gasteiger partial charge in [-0.15, -0.1) is 0 Å². The van der Waals surface area contributed by atoms with Crippen molar-refractivity contribution in [2.24, 2.45) is 0 Å². The minimum Gasteiger partial charge on any atom is -0.379 e. The highest BCUT2D eigenvalue weighted by Gasteiger charge is 2.20. The molecule has 2 atom stereocenters. The van der Waals surface area contributed by atoms with Gasteiger partial charge in [0.2, 0.25) is 0 Å². The van der Waals surface area contributed by atoms with Crippen LogP contribution in [0.2, 0.25) is 0 Å². The molecule has 0 radical (unpaired) electrons. The van der Waals surface area contributed by atoms with Crippen LogP contribution < -0.4 is 0 Å². The molecule has 2 unspecified atom stereocenters. The molecule has 0 spiro atoms. The summed E-state index contributed by atoms with van der Waals surface area (Å²) in [4.78, 5) is 10.6. The number of likely N-dealkylation sites (N-methyl/N-ethyl adjacent to an activating group) is 4. The topological polar surface area (TPSA) is 22.2 Å². The maximum Gasteiger partial charge on any atom is 0.0594 e. The molecule has 0 aromatic rings. The molecule has 0 amide bonds. The van der Waals surface area contributed by atoms with E-state index in [0.717, 1.165) is 65.6 Å². The normalized spacial score (nSPS) is 13.8. The Bertz CT molecular complexity index is 468. The third-order valence-corrected chi connectivity index (χ3v) is 9.38. The van der Waals surface area contributed by atoms with Gasteiger partial charge < -0.3 is 4.74 Å². The van der Waals surface area contributed by atoms with E-state index >= 15 is 0 Å². The number of ether oxygens (including phenoxy) is 1. The first kappa shape index (κ1) is 40.8. The number of hydrogen-bond acceptors (Lipinski definition) is 5. The highest BCUT2D eigenvalue weighted by Crippen LogP contribution is 2.15. The van der Waals surface area contributed by atoms with Crippen molar-refractivity contribution >= 4 is 0 Å². The van der Waals surface area contributed by atoms with Crippen LogP contribution in [0.25, 0.3) is 0 Å². The lowest BCUT2D eigenvalue weighted by Gasteiger charge is -2.35. The summed E-state index contributed by atoms with van der Waals surface area (Å²) in [7, 11) is 0. The van der Waals surface area contributed by atoms with E-state index < -0.39 is 0 Å². The monoisotopic (exact) mass is 583 g/mol. The predicted octanol–water partition coefficient (Wildman–Crippen LogP) is 8.57. The molecule has 0 heterocycles. The van der Waals surface area contributed by atoms with Crippen molar-refractivity contribution in [2.45, 2.75) is 157 Å². The molecule has 5 nitrogen and oxygen atoms in total. The highest BCUT2D eigenvalue weighted by atomic mass is 16.5. The average Bonchev–Trinajstić information content (AvgIpc) is 2.99. The van der Waals surface area contributed by atoms with Gasteiger partial charge in [-0.2, -0.15) is 0 Å². The smallest absolute Gasteiger partial charge is 0.0594 e. The van der Waals surface area contributed by atoms with Crippen molar-refractivity contribution in [3.05, 3.63) is 0 Å². The van der Waals surface area contributed by atoms with Crippen molar-refractivity contribution < 1.29 is 4.74 Å². The van der Waals surface area contributed by atoms with Gasteiger partial charge in [0.05, 0.1) is 13.2 Å². The fourth-order valence-corrected chi connectivity index (χ4v) is 6.42. The van der Waals surface area contributed by atoms with E-state index in [2.05, 4.69) is 75.0 Å². The highest BCUT2D eigenvalue weighted by molar-refractivity contribution is 4.76. The summed E-state index contributed by atoms with van der Waals surface area (Å²) in [5.41, 5.74) is 0. The van der Waals surface area contributed by atoms with E-state index in [9.17, 15) is 0 Å². The zero-order chi connectivity index (χ0) is 30.6. The maximum absolute atomic E-state index is 6.25. The number of unbranched alkanes of at least 4 members (excludes halogenated alkanes) is 10. The molecule has 0 fully saturated rings. The lowest BCUT2D eigenvalue weighted by Crippen LogP contribution is -2.45. The molecule has 248 valence electrons. The van der Waals surface area contributed by atoms with Crippen LogP contribution in [0.5, 0.6) is 0 Å². The quantitative estimate of drug-likeness (QED) is 0.0739. The third-order valence-electron chi connectivity index (χ3n) is 9.38. The molecule has 0 aliphatic carbocycles. The van der Waals surface area contributed by atoms with Crippen molar-refractivity contribution in [3.8, 4) is 0 Å². The van der Waals surface area contributed by atoms with Crippen LogP contribution in [0.4, 0.5) is 0 Å². The lowest BCUT2D eigenvalue weighted by atomic mass is 10.0. The van der Waals surface area contributed by atoms with E-state index in [1.807, 2.05) is 0 Å². The Labute approximate surface area is 260 Å². The molecule has 0 aromatic heterocycles. The zero-order valence-corrected chi connectivity index (χ0v) is 29.7. The van der Waals surface area contributed by atoms with Crippen molar-refractivity contribution in [1.82, 2.24) is 19.6 Å². The van der Waals surface area contributed by atoms with Crippen LogP contribution >= 0.6 is 0 Å². The van der Waals surface area contributed by atoms with E-state index in [4.69, 9.17) is 4.74 Å². The second-order valence-electron chi connectivity index (χ2n) is 12.3. The summed E-state index contributed by atoms with van der Waals surface area (Å²) in [6, 6.07) is 1.35. The van der Waals surface area contributed by atoms with E-state index in [1.165, 1.54) is 103 Å². The molecule has 0 aliphatic heterocycles. The summed E-state index contributed by atoms with van der Waals surface area (Å²) in [5.74, 6) is 0. The summed E-state index contributed by atoms with van der Waals surface area (Å²) in [6.07, 6.45) is 19.3. The molecule has 0 N–H and O–H groups in total. The Kier molecular flexibility index (Phi) is 29.7. The van der Waals surface area contributed by atoms with Crippen molar-refractivity contribution in [2.75, 3.05) is 78.7 Å². The van der Waals surface area contributed by atoms with Crippen molar-refractivity contribution in [3.63, 3.8) is 0 Å². The van der Waals surface area contributed by atoms with Crippen LogP contribution in [0.15, 0.2) is 0 Å². The Morgan fingerprint density at radius 1 is 0.415 bits per heavy atom. The molecule has 0 saturated heterocycles. The van der Waals surface area contributed by atoms with Gasteiger partial charge in [-0.25, -0.2) is 0 Å². The first-order valence-corrected chi connectivity index (χ1v) is 18.5. The third kappa shape index (κ3) is 21.2. The number of hydrogen-bond donors (Lipinski definition) is 0. The molecular formula is C36H78N4O.